The fourth-order valence-corrected chi connectivity index (χ4v) is 4.29. The van der Waals surface area contributed by atoms with E-state index in [4.69, 9.17) is 14.2 Å². The highest BCUT2D eigenvalue weighted by molar-refractivity contribution is 5.66. The molecule has 158 valence electrons. The van der Waals surface area contributed by atoms with E-state index >= 15 is 0 Å². The summed E-state index contributed by atoms with van der Waals surface area (Å²) < 4.78 is 22.0. The maximum Gasteiger partial charge on any atom is 0.262 e. The van der Waals surface area contributed by atoms with Gasteiger partial charge in [0.15, 0.2) is 17.2 Å². The number of imidazole rings is 1. The monoisotopic (exact) mass is 470 g/mol. The van der Waals surface area contributed by atoms with E-state index in [1.807, 2.05) is 13.0 Å². The molecule has 2 aliphatic heterocycles. The van der Waals surface area contributed by atoms with Gasteiger partial charge in [0.1, 0.15) is 30.8 Å². The average molecular weight is 471 g/mol. The van der Waals surface area contributed by atoms with Crippen molar-refractivity contribution in [3.05, 3.63) is 54.5 Å². The van der Waals surface area contributed by atoms with Crippen LogP contribution in [0, 0.1) is 0 Å². The van der Waals surface area contributed by atoms with E-state index in [0.29, 0.717) is 19.8 Å². The quantitative estimate of drug-likeness (QED) is 0.539. The minimum absolute atomic E-state index is 0. The number of hydrogen-bond donors (Lipinski definition) is 0. The van der Waals surface area contributed by atoms with Crippen molar-refractivity contribution in [1.82, 2.24) is 4.57 Å². The third-order valence-corrected chi connectivity index (χ3v) is 5.65. The first-order chi connectivity index (χ1) is 14.3. The third kappa shape index (κ3) is 3.93. The molecule has 0 bridgehead atoms. The highest BCUT2D eigenvalue weighted by atomic mass is 79.9. The zero-order chi connectivity index (χ0) is 19.6. The second kappa shape index (κ2) is 9.13. The summed E-state index contributed by atoms with van der Waals surface area (Å²) >= 11 is 0. The summed E-state index contributed by atoms with van der Waals surface area (Å²) in [7, 11) is 0. The first-order valence-electron chi connectivity index (χ1n) is 10.6. The molecule has 0 amide bonds. The zero-order valence-corrected chi connectivity index (χ0v) is 18.9. The van der Waals surface area contributed by atoms with E-state index in [9.17, 15) is 0 Å². The molecule has 1 aromatic heterocycles. The summed E-state index contributed by atoms with van der Waals surface area (Å²) in [5.41, 5.74) is 3.49. The van der Waals surface area contributed by atoms with Crippen molar-refractivity contribution in [2.24, 2.45) is 0 Å². The molecule has 2 aromatic carbocycles. The fourth-order valence-electron chi connectivity index (χ4n) is 4.29. The molecule has 5 rings (SSSR count). The summed E-state index contributed by atoms with van der Waals surface area (Å²) in [5.74, 6) is 3.92. The summed E-state index contributed by atoms with van der Waals surface area (Å²) in [5, 5.41) is 0. The van der Waals surface area contributed by atoms with Crippen LogP contribution in [0.4, 0.5) is 0 Å². The van der Waals surface area contributed by atoms with Crippen LogP contribution in [0.25, 0.3) is 16.9 Å². The number of aryl methyl sites for hydroxylation is 1. The third-order valence-electron chi connectivity index (χ3n) is 5.65. The highest BCUT2D eigenvalue weighted by Crippen LogP contribution is 2.36. The first-order valence-corrected chi connectivity index (χ1v) is 10.6. The van der Waals surface area contributed by atoms with Gasteiger partial charge >= 0.3 is 0 Å². The van der Waals surface area contributed by atoms with Crippen molar-refractivity contribution in [3.8, 4) is 34.2 Å². The lowest BCUT2D eigenvalue weighted by Crippen LogP contribution is -3.00. The molecule has 0 aliphatic carbocycles. The molecule has 0 atom stereocenters. The van der Waals surface area contributed by atoms with Gasteiger partial charge in [-0.15, -0.1) is 0 Å². The number of benzene rings is 2. The summed E-state index contributed by atoms with van der Waals surface area (Å²) in [6, 6.07) is 14.7. The van der Waals surface area contributed by atoms with Gasteiger partial charge in [-0.2, -0.15) is 4.57 Å². The van der Waals surface area contributed by atoms with Crippen molar-refractivity contribution in [2.75, 3.05) is 19.8 Å². The Hall–Kier alpha value is -2.47. The van der Waals surface area contributed by atoms with E-state index in [0.717, 1.165) is 41.5 Å². The van der Waals surface area contributed by atoms with Gasteiger partial charge in [-0.05, 0) is 68.7 Å². The maximum absolute atomic E-state index is 5.84. The number of nitrogens with zero attached hydrogens (tertiary/aromatic N) is 2. The largest absolute Gasteiger partial charge is 1.00 e. The van der Waals surface area contributed by atoms with Gasteiger partial charge < -0.3 is 31.2 Å². The number of hydrogen-bond acceptors (Lipinski definition) is 3. The van der Waals surface area contributed by atoms with Crippen LogP contribution in [0.5, 0.6) is 17.2 Å². The lowest BCUT2D eigenvalue weighted by Gasteiger charge is -2.18. The SMILES string of the molecule is CCOc1ccc(-n2c(-c3ccc4c(c3)OCCO4)c[n+]3c2CCCCC3)cc1.[Br-]. The van der Waals surface area contributed by atoms with Crippen molar-refractivity contribution in [3.63, 3.8) is 0 Å². The van der Waals surface area contributed by atoms with Gasteiger partial charge in [0.25, 0.3) is 5.82 Å². The fraction of sp³-hybridized carbons (Fsp3) is 0.375. The molecule has 0 fully saturated rings. The number of fused-ring (bicyclic) bond motifs is 2. The van der Waals surface area contributed by atoms with Crippen LogP contribution < -0.4 is 35.8 Å². The standard InChI is InChI=1S/C24H27N2O3.BrH/c1-2-27-20-10-8-19(9-11-20)26-21(17-25-13-5-3-4-6-24(25)26)18-7-12-22-23(16-18)29-15-14-28-22;/h7-12,16-17H,2-6,13-15H2,1H3;1H/q+1;/p-1. The molecule has 3 aromatic rings. The second-order valence-corrected chi connectivity index (χ2v) is 7.56. The van der Waals surface area contributed by atoms with Gasteiger partial charge in [-0.25, -0.2) is 4.57 Å². The lowest BCUT2D eigenvalue weighted by molar-refractivity contribution is -0.702. The molecule has 3 heterocycles. The lowest BCUT2D eigenvalue weighted by atomic mass is 10.1. The molecule has 6 heteroatoms. The Morgan fingerprint density at radius 3 is 2.57 bits per heavy atom. The van der Waals surface area contributed by atoms with Crippen LogP contribution in [0.15, 0.2) is 48.7 Å². The molecular weight excluding hydrogens is 444 g/mol. The molecule has 0 saturated heterocycles. The van der Waals surface area contributed by atoms with Crippen LogP contribution in [-0.2, 0) is 13.0 Å². The Morgan fingerprint density at radius 1 is 0.967 bits per heavy atom. The number of halogens is 1. The minimum Gasteiger partial charge on any atom is -1.00 e. The molecule has 5 nitrogen and oxygen atoms in total. The van der Waals surface area contributed by atoms with E-state index in [-0.39, 0.29) is 17.0 Å². The van der Waals surface area contributed by atoms with Gasteiger partial charge in [-0.1, -0.05) is 0 Å². The molecule has 2 aliphatic rings. The van der Waals surface area contributed by atoms with Crippen molar-refractivity contribution < 1.29 is 35.8 Å². The molecule has 0 spiro atoms. The highest BCUT2D eigenvalue weighted by Gasteiger charge is 2.28. The van der Waals surface area contributed by atoms with Crippen LogP contribution in [0.1, 0.15) is 32.0 Å². The Balaban J connectivity index is 0.00000218. The van der Waals surface area contributed by atoms with E-state index < -0.39 is 0 Å². The Morgan fingerprint density at radius 2 is 1.77 bits per heavy atom. The summed E-state index contributed by atoms with van der Waals surface area (Å²) in [6.45, 7) is 4.96. The van der Waals surface area contributed by atoms with Crippen LogP contribution in [-0.4, -0.2) is 24.4 Å². The van der Waals surface area contributed by atoms with Gasteiger partial charge in [0, 0.05) is 12.0 Å². The van der Waals surface area contributed by atoms with Gasteiger partial charge in [0.2, 0.25) is 0 Å². The molecule has 0 saturated carbocycles. The number of rotatable bonds is 4. The topological polar surface area (TPSA) is 36.5 Å². The Labute approximate surface area is 188 Å². The van der Waals surface area contributed by atoms with Crippen LogP contribution in [0.3, 0.4) is 0 Å². The normalized spacial score (nSPS) is 15.0. The minimum atomic E-state index is 0. The predicted octanol–water partition coefficient (Wildman–Crippen LogP) is 1.33. The second-order valence-electron chi connectivity index (χ2n) is 7.56. The van der Waals surface area contributed by atoms with Crippen LogP contribution >= 0.6 is 0 Å². The van der Waals surface area contributed by atoms with E-state index in [1.54, 1.807) is 0 Å². The molecular formula is C24H27BrN2O3. The first kappa shape index (κ1) is 20.8. The van der Waals surface area contributed by atoms with Crippen molar-refractivity contribution in [2.45, 2.75) is 39.2 Å². The number of ether oxygens (including phenoxy) is 3. The Bertz CT molecular complexity index is 1010. The van der Waals surface area contributed by atoms with E-state index in [1.165, 1.54) is 30.8 Å². The zero-order valence-electron chi connectivity index (χ0n) is 17.3. The van der Waals surface area contributed by atoms with Crippen LogP contribution in [0.2, 0.25) is 0 Å². The summed E-state index contributed by atoms with van der Waals surface area (Å²) in [6.07, 6.45) is 7.11. The molecule has 0 N–H and O–H groups in total. The summed E-state index contributed by atoms with van der Waals surface area (Å²) in [4.78, 5) is 0. The van der Waals surface area contributed by atoms with E-state index in [2.05, 4.69) is 51.7 Å². The van der Waals surface area contributed by atoms with Crippen molar-refractivity contribution >= 4 is 0 Å². The number of aromatic nitrogens is 2. The molecule has 30 heavy (non-hydrogen) atoms. The Kier molecular flexibility index (Phi) is 6.32. The average Bonchev–Trinajstić information content (AvgIpc) is 2.96. The molecule has 0 unspecified atom stereocenters. The molecule has 0 radical (unpaired) electrons. The van der Waals surface area contributed by atoms with Crippen molar-refractivity contribution in [1.29, 1.82) is 0 Å². The van der Waals surface area contributed by atoms with Gasteiger partial charge in [0.05, 0.1) is 13.2 Å². The smallest absolute Gasteiger partial charge is 0.262 e. The predicted molar refractivity (Wildman–Crippen MR) is 111 cm³/mol. The maximum atomic E-state index is 5.84. The van der Waals surface area contributed by atoms with Gasteiger partial charge in [-0.3, -0.25) is 0 Å².